The molecule has 0 aliphatic heterocycles. The number of aryl methyl sites for hydroxylation is 2. The van der Waals surface area contributed by atoms with Crippen LogP contribution in [0.1, 0.15) is 46.5 Å². The van der Waals surface area contributed by atoms with Crippen LogP contribution >= 0.6 is 0 Å². The zero-order valence-electron chi connectivity index (χ0n) is 11.4. The summed E-state index contributed by atoms with van der Waals surface area (Å²) in [6.45, 7) is 6.27. The third-order valence-corrected chi connectivity index (χ3v) is 3.25. The summed E-state index contributed by atoms with van der Waals surface area (Å²) < 4.78 is 2.03. The summed E-state index contributed by atoms with van der Waals surface area (Å²) in [5.74, 6) is -1.01. The van der Waals surface area contributed by atoms with E-state index in [-0.39, 0.29) is 11.3 Å². The second-order valence-electron chi connectivity index (χ2n) is 4.79. The zero-order chi connectivity index (χ0) is 14.2. The molecule has 2 rings (SSSR count). The van der Waals surface area contributed by atoms with Gasteiger partial charge in [0.25, 0.3) is 0 Å². The Morgan fingerprint density at radius 1 is 1.32 bits per heavy atom. The van der Waals surface area contributed by atoms with Gasteiger partial charge in [0, 0.05) is 23.7 Å². The average molecular weight is 259 g/mol. The highest BCUT2D eigenvalue weighted by atomic mass is 16.4. The number of aromatic carboxylic acids is 1. The predicted octanol–water partition coefficient (Wildman–Crippen LogP) is 3.26. The van der Waals surface area contributed by atoms with Gasteiger partial charge in [-0.15, -0.1) is 0 Å². The van der Waals surface area contributed by atoms with Crippen LogP contribution in [-0.4, -0.2) is 21.4 Å². The molecule has 0 saturated carbocycles. The Kier molecular flexibility index (Phi) is 3.42. The molecule has 0 amide bonds. The predicted molar refractivity (Wildman–Crippen MR) is 73.9 cm³/mol. The Balaban J connectivity index is 2.82. The highest BCUT2D eigenvalue weighted by Crippen LogP contribution is 2.27. The molecule has 0 spiro atoms. The van der Waals surface area contributed by atoms with Crippen molar-refractivity contribution in [3.8, 4) is 0 Å². The molecule has 2 aromatic rings. The molecule has 1 heterocycles. The van der Waals surface area contributed by atoms with Crippen LogP contribution in [0, 0.1) is 6.92 Å². The number of fused-ring (bicyclic) bond motifs is 1. The summed E-state index contributed by atoms with van der Waals surface area (Å²) in [4.78, 5) is 22.8. The van der Waals surface area contributed by atoms with Crippen molar-refractivity contribution in [1.29, 1.82) is 0 Å². The lowest BCUT2D eigenvalue weighted by atomic mass is 10.0. The first kappa shape index (κ1) is 13.3. The fourth-order valence-electron chi connectivity index (χ4n) is 2.48. The lowest BCUT2D eigenvalue weighted by Gasteiger charge is -2.06. The van der Waals surface area contributed by atoms with Gasteiger partial charge in [-0.3, -0.25) is 4.79 Å². The Bertz CT molecular complexity index is 668. The molecule has 0 aliphatic carbocycles. The fourth-order valence-corrected chi connectivity index (χ4v) is 2.48. The minimum Gasteiger partial charge on any atom is -0.478 e. The third-order valence-electron chi connectivity index (χ3n) is 3.25. The van der Waals surface area contributed by atoms with Crippen LogP contribution in [0.4, 0.5) is 0 Å². The third kappa shape index (κ3) is 2.26. The number of hydrogen-bond donors (Lipinski definition) is 1. The molecule has 0 saturated heterocycles. The van der Waals surface area contributed by atoms with Gasteiger partial charge in [-0.2, -0.15) is 0 Å². The van der Waals surface area contributed by atoms with E-state index in [1.807, 2.05) is 17.7 Å². The summed E-state index contributed by atoms with van der Waals surface area (Å²) >= 11 is 0. The molecule has 0 unspecified atom stereocenters. The number of ketones is 1. The van der Waals surface area contributed by atoms with Crippen LogP contribution in [0.15, 0.2) is 18.3 Å². The van der Waals surface area contributed by atoms with E-state index in [2.05, 4.69) is 6.92 Å². The van der Waals surface area contributed by atoms with Gasteiger partial charge in [-0.25, -0.2) is 4.79 Å². The van der Waals surface area contributed by atoms with Crippen LogP contribution in [0.25, 0.3) is 10.9 Å². The number of Topliss-reactive ketones (excluding diaryl/α,β-unsaturated/α-hetero) is 1. The number of carboxylic acid groups (broad SMARTS) is 1. The second-order valence-corrected chi connectivity index (χ2v) is 4.79. The number of benzene rings is 1. The fraction of sp³-hybridized carbons (Fsp3) is 0.333. The number of carbonyl (C=O) groups is 2. The van der Waals surface area contributed by atoms with E-state index in [1.54, 1.807) is 12.1 Å². The number of rotatable bonds is 4. The van der Waals surface area contributed by atoms with E-state index in [9.17, 15) is 9.59 Å². The molecule has 100 valence electrons. The van der Waals surface area contributed by atoms with Crippen LogP contribution < -0.4 is 0 Å². The van der Waals surface area contributed by atoms with Crippen molar-refractivity contribution in [3.63, 3.8) is 0 Å². The molecule has 4 heteroatoms. The van der Waals surface area contributed by atoms with Crippen molar-refractivity contribution < 1.29 is 14.7 Å². The molecule has 0 atom stereocenters. The summed E-state index contributed by atoms with van der Waals surface area (Å²) in [5, 5.41) is 9.85. The van der Waals surface area contributed by atoms with Crippen molar-refractivity contribution >= 4 is 22.7 Å². The van der Waals surface area contributed by atoms with Crippen LogP contribution in [-0.2, 0) is 6.54 Å². The number of nitrogens with zero attached hydrogens (tertiary/aromatic N) is 1. The zero-order valence-corrected chi connectivity index (χ0v) is 11.4. The van der Waals surface area contributed by atoms with Crippen LogP contribution in [0.3, 0.4) is 0 Å². The molecule has 1 aromatic heterocycles. The number of aromatic nitrogens is 1. The monoisotopic (exact) mass is 259 g/mol. The first-order chi connectivity index (χ1) is 8.95. The Morgan fingerprint density at radius 2 is 2.00 bits per heavy atom. The van der Waals surface area contributed by atoms with Gasteiger partial charge in [-0.1, -0.05) is 6.92 Å². The number of carbonyl (C=O) groups excluding carboxylic acids is 1. The molecule has 1 aromatic carbocycles. The number of hydrogen-bond acceptors (Lipinski definition) is 2. The van der Waals surface area contributed by atoms with Crippen molar-refractivity contribution in [1.82, 2.24) is 4.57 Å². The molecule has 4 nitrogen and oxygen atoms in total. The first-order valence-electron chi connectivity index (χ1n) is 6.33. The van der Waals surface area contributed by atoms with E-state index in [0.717, 1.165) is 29.4 Å². The van der Waals surface area contributed by atoms with Gasteiger partial charge in [0.2, 0.25) is 0 Å². The standard InChI is InChI=1S/C15H17NO3/c1-4-5-16-8-13(10(3)17)12-7-11(15(18)19)6-9(2)14(12)16/h6-8H,4-5H2,1-3H3,(H,18,19). The molecular formula is C15H17NO3. The second kappa shape index (κ2) is 4.88. The smallest absolute Gasteiger partial charge is 0.335 e. The Hall–Kier alpha value is -2.10. The average Bonchev–Trinajstić information content (AvgIpc) is 2.69. The highest BCUT2D eigenvalue weighted by molar-refractivity contribution is 6.09. The highest BCUT2D eigenvalue weighted by Gasteiger charge is 2.16. The maximum atomic E-state index is 11.7. The van der Waals surface area contributed by atoms with E-state index in [0.29, 0.717) is 5.56 Å². The van der Waals surface area contributed by atoms with E-state index in [1.165, 1.54) is 6.92 Å². The maximum absolute atomic E-state index is 11.7. The summed E-state index contributed by atoms with van der Waals surface area (Å²) in [6, 6.07) is 3.24. The van der Waals surface area contributed by atoms with Crippen molar-refractivity contribution in [3.05, 3.63) is 35.0 Å². The lowest BCUT2D eigenvalue weighted by molar-refractivity contribution is 0.0696. The summed E-state index contributed by atoms with van der Waals surface area (Å²) in [6.07, 6.45) is 2.79. The summed E-state index contributed by atoms with van der Waals surface area (Å²) in [5.41, 5.74) is 2.66. The Morgan fingerprint density at radius 3 is 2.53 bits per heavy atom. The van der Waals surface area contributed by atoms with E-state index >= 15 is 0 Å². The van der Waals surface area contributed by atoms with Gasteiger partial charge >= 0.3 is 5.97 Å². The molecular weight excluding hydrogens is 242 g/mol. The number of carboxylic acids is 1. The van der Waals surface area contributed by atoms with Crippen LogP contribution in [0.2, 0.25) is 0 Å². The molecule has 0 fully saturated rings. The quantitative estimate of drug-likeness (QED) is 0.857. The minimum absolute atomic E-state index is 0.0400. The van der Waals surface area contributed by atoms with Crippen molar-refractivity contribution in [2.45, 2.75) is 33.7 Å². The van der Waals surface area contributed by atoms with E-state index in [4.69, 9.17) is 5.11 Å². The van der Waals surface area contributed by atoms with Gasteiger partial charge in [0.15, 0.2) is 5.78 Å². The molecule has 19 heavy (non-hydrogen) atoms. The van der Waals surface area contributed by atoms with Crippen molar-refractivity contribution in [2.75, 3.05) is 0 Å². The first-order valence-corrected chi connectivity index (χ1v) is 6.33. The normalized spacial score (nSPS) is 10.9. The molecule has 1 N–H and O–H groups in total. The van der Waals surface area contributed by atoms with E-state index < -0.39 is 5.97 Å². The van der Waals surface area contributed by atoms with Crippen LogP contribution in [0.5, 0.6) is 0 Å². The minimum atomic E-state index is -0.970. The summed E-state index contributed by atoms with van der Waals surface area (Å²) in [7, 11) is 0. The maximum Gasteiger partial charge on any atom is 0.335 e. The molecule has 0 radical (unpaired) electrons. The van der Waals surface area contributed by atoms with Gasteiger partial charge in [0.1, 0.15) is 0 Å². The van der Waals surface area contributed by atoms with Gasteiger partial charge < -0.3 is 9.67 Å². The topological polar surface area (TPSA) is 59.3 Å². The Labute approximate surface area is 111 Å². The van der Waals surface area contributed by atoms with Crippen molar-refractivity contribution in [2.24, 2.45) is 0 Å². The molecule has 0 bridgehead atoms. The largest absolute Gasteiger partial charge is 0.478 e. The lowest BCUT2D eigenvalue weighted by Crippen LogP contribution is -1.99. The van der Waals surface area contributed by atoms with Gasteiger partial charge in [0.05, 0.1) is 11.1 Å². The SMILES string of the molecule is CCCn1cc(C(C)=O)c2cc(C(=O)O)cc(C)c21. The van der Waals surface area contributed by atoms with Gasteiger partial charge in [-0.05, 0) is 38.0 Å². The molecule has 0 aliphatic rings.